The molecule has 2 saturated heterocycles. The Bertz CT molecular complexity index is 1370. The van der Waals surface area contributed by atoms with Crippen molar-refractivity contribution in [2.24, 2.45) is 5.92 Å². The van der Waals surface area contributed by atoms with E-state index in [0.717, 1.165) is 29.4 Å². The SMILES string of the molecule is CC(Oc1nc(-c2ccc3c(c2)NC(=O)C32OCCO2)cc2ncn(C3CC3)c12)C1CNC(=O)C1. The van der Waals surface area contributed by atoms with Gasteiger partial charge in [0.25, 0.3) is 11.7 Å². The summed E-state index contributed by atoms with van der Waals surface area (Å²) in [5, 5.41) is 5.77. The molecule has 3 fully saturated rings. The summed E-state index contributed by atoms with van der Waals surface area (Å²) in [4.78, 5) is 33.9. The number of carbonyl (C=O) groups excluding carboxylic acids is 2. The van der Waals surface area contributed by atoms with Gasteiger partial charge in [-0.05, 0) is 31.9 Å². The number of hydrogen-bond donors (Lipinski definition) is 2. The van der Waals surface area contributed by atoms with E-state index in [4.69, 9.17) is 19.2 Å². The molecule has 2 atom stereocenters. The number of carbonyl (C=O) groups is 2. The van der Waals surface area contributed by atoms with Gasteiger partial charge in [-0.25, -0.2) is 9.97 Å². The minimum atomic E-state index is -1.36. The van der Waals surface area contributed by atoms with Crippen molar-refractivity contribution in [2.75, 3.05) is 25.1 Å². The van der Waals surface area contributed by atoms with Gasteiger partial charge in [0.15, 0.2) is 0 Å². The van der Waals surface area contributed by atoms with Crippen molar-refractivity contribution in [1.29, 1.82) is 0 Å². The second-order valence-electron chi connectivity index (χ2n) is 9.68. The lowest BCUT2D eigenvalue weighted by Gasteiger charge is -2.20. The van der Waals surface area contributed by atoms with E-state index in [9.17, 15) is 9.59 Å². The van der Waals surface area contributed by atoms with E-state index in [0.29, 0.717) is 55.0 Å². The van der Waals surface area contributed by atoms with Crippen LogP contribution >= 0.6 is 0 Å². The van der Waals surface area contributed by atoms with Crippen LogP contribution in [0, 0.1) is 5.92 Å². The van der Waals surface area contributed by atoms with Crippen molar-refractivity contribution < 1.29 is 23.8 Å². The molecule has 2 unspecified atom stereocenters. The first kappa shape index (κ1) is 20.8. The Balaban J connectivity index is 1.29. The molecule has 10 nitrogen and oxygen atoms in total. The number of imidazole rings is 1. The first-order valence-corrected chi connectivity index (χ1v) is 12.1. The fraction of sp³-hybridized carbons (Fsp3) is 0.440. The summed E-state index contributed by atoms with van der Waals surface area (Å²) >= 11 is 0. The van der Waals surface area contributed by atoms with Gasteiger partial charge in [0.1, 0.15) is 11.6 Å². The van der Waals surface area contributed by atoms with Gasteiger partial charge in [-0.1, -0.05) is 12.1 Å². The lowest BCUT2D eigenvalue weighted by molar-refractivity contribution is -0.178. The predicted octanol–water partition coefficient (Wildman–Crippen LogP) is 2.49. The van der Waals surface area contributed by atoms with E-state index in [1.54, 1.807) is 0 Å². The van der Waals surface area contributed by atoms with Crippen molar-refractivity contribution in [1.82, 2.24) is 19.9 Å². The molecule has 2 aromatic heterocycles. The maximum atomic E-state index is 12.6. The maximum absolute atomic E-state index is 12.6. The van der Waals surface area contributed by atoms with Gasteiger partial charge in [-0.2, -0.15) is 0 Å². The predicted molar refractivity (Wildman–Crippen MR) is 125 cm³/mol. The monoisotopic (exact) mass is 475 g/mol. The minimum Gasteiger partial charge on any atom is -0.473 e. The first-order valence-electron chi connectivity index (χ1n) is 12.1. The molecular weight excluding hydrogens is 450 g/mol. The van der Waals surface area contributed by atoms with Crippen LogP contribution in [0.25, 0.3) is 22.3 Å². The summed E-state index contributed by atoms with van der Waals surface area (Å²) in [5.41, 5.74) is 4.50. The van der Waals surface area contributed by atoms with E-state index >= 15 is 0 Å². The highest BCUT2D eigenvalue weighted by atomic mass is 16.7. The summed E-state index contributed by atoms with van der Waals surface area (Å²) in [6, 6.07) is 8.00. The Morgan fingerprint density at radius 2 is 2.03 bits per heavy atom. The van der Waals surface area contributed by atoms with Crippen LogP contribution in [0.5, 0.6) is 5.88 Å². The van der Waals surface area contributed by atoms with Gasteiger partial charge in [0.05, 0.1) is 36.4 Å². The highest BCUT2D eigenvalue weighted by molar-refractivity contribution is 6.05. The Hall–Kier alpha value is -3.50. The zero-order valence-electron chi connectivity index (χ0n) is 19.2. The van der Waals surface area contributed by atoms with Crippen molar-refractivity contribution in [2.45, 2.75) is 44.1 Å². The van der Waals surface area contributed by atoms with E-state index in [2.05, 4.69) is 20.2 Å². The number of rotatable bonds is 5. The Kier molecular flexibility index (Phi) is 4.46. The number of anilines is 1. The summed E-state index contributed by atoms with van der Waals surface area (Å²) in [6.45, 7) is 3.32. The molecule has 10 heteroatoms. The first-order chi connectivity index (χ1) is 17.0. The molecule has 2 amide bonds. The van der Waals surface area contributed by atoms with Gasteiger partial charge >= 0.3 is 0 Å². The van der Waals surface area contributed by atoms with Crippen LogP contribution in [0.1, 0.15) is 37.8 Å². The molecule has 35 heavy (non-hydrogen) atoms. The second kappa shape index (κ2) is 7.50. The number of hydrogen-bond acceptors (Lipinski definition) is 7. The Labute approximate surface area is 201 Å². The standard InChI is InChI=1S/C25H25N5O5/c1-13(15-9-21(31)26-11-15)35-23-22-20(27-12-30(22)16-3-4-16)10-18(28-23)14-2-5-17-19(8-14)29-24(32)25(17)33-6-7-34-25/h2,5,8,10,12-13,15-16H,3-4,6-7,9,11H2,1H3,(H,26,31)(H,29,32). The van der Waals surface area contributed by atoms with Crippen LogP contribution in [0.3, 0.4) is 0 Å². The van der Waals surface area contributed by atoms with Crippen molar-refractivity contribution in [3.05, 3.63) is 36.2 Å². The Morgan fingerprint density at radius 1 is 1.20 bits per heavy atom. The topological polar surface area (TPSA) is 117 Å². The number of benzene rings is 1. The molecule has 180 valence electrons. The molecule has 1 aromatic carbocycles. The van der Waals surface area contributed by atoms with Crippen molar-refractivity contribution in [3.63, 3.8) is 0 Å². The largest absolute Gasteiger partial charge is 0.473 e. The number of fused-ring (bicyclic) bond motifs is 3. The highest BCUT2D eigenvalue weighted by Crippen LogP contribution is 2.44. The van der Waals surface area contributed by atoms with Crippen LogP contribution in [0.2, 0.25) is 0 Å². The lowest BCUT2D eigenvalue weighted by Crippen LogP contribution is -2.35. The summed E-state index contributed by atoms with van der Waals surface area (Å²) < 4.78 is 19.9. The zero-order chi connectivity index (χ0) is 23.7. The van der Waals surface area contributed by atoms with Gasteiger partial charge in [-0.15, -0.1) is 0 Å². The van der Waals surface area contributed by atoms with E-state index < -0.39 is 5.79 Å². The smallest absolute Gasteiger partial charge is 0.289 e. The molecule has 3 aromatic rings. The normalized spacial score (nSPS) is 23.5. The van der Waals surface area contributed by atoms with Gasteiger partial charge < -0.3 is 29.4 Å². The number of pyridine rings is 1. The highest BCUT2D eigenvalue weighted by Gasteiger charge is 2.52. The van der Waals surface area contributed by atoms with E-state index in [1.165, 1.54) is 0 Å². The molecule has 4 aliphatic rings. The summed E-state index contributed by atoms with van der Waals surface area (Å²) in [7, 11) is 0. The van der Waals surface area contributed by atoms with E-state index in [-0.39, 0.29) is 23.8 Å². The molecule has 1 aliphatic carbocycles. The van der Waals surface area contributed by atoms with Gasteiger partial charge in [0.2, 0.25) is 11.8 Å². The van der Waals surface area contributed by atoms with Crippen LogP contribution in [-0.4, -0.2) is 52.2 Å². The molecule has 2 N–H and O–H groups in total. The average molecular weight is 476 g/mol. The molecular formula is C25H25N5O5. The van der Waals surface area contributed by atoms with Crippen molar-refractivity contribution in [3.8, 4) is 17.1 Å². The van der Waals surface area contributed by atoms with Gasteiger partial charge in [0, 0.05) is 36.1 Å². The number of nitrogens with one attached hydrogen (secondary N) is 2. The summed E-state index contributed by atoms with van der Waals surface area (Å²) in [5.74, 6) is -1.03. The third-order valence-electron chi connectivity index (χ3n) is 7.34. The molecule has 5 heterocycles. The summed E-state index contributed by atoms with van der Waals surface area (Å²) in [6.07, 6.45) is 4.33. The molecule has 7 rings (SSSR count). The fourth-order valence-electron chi connectivity index (χ4n) is 5.24. The van der Waals surface area contributed by atoms with Crippen LogP contribution < -0.4 is 15.4 Å². The fourth-order valence-corrected chi connectivity index (χ4v) is 5.24. The third kappa shape index (κ3) is 3.24. The Morgan fingerprint density at radius 3 is 2.77 bits per heavy atom. The van der Waals surface area contributed by atoms with Crippen molar-refractivity contribution >= 4 is 28.5 Å². The number of ether oxygens (including phenoxy) is 3. The quantitative estimate of drug-likeness (QED) is 0.582. The minimum absolute atomic E-state index is 0.0495. The number of nitrogens with zero attached hydrogens (tertiary/aromatic N) is 3. The molecule has 1 spiro atoms. The molecule has 0 bridgehead atoms. The number of amides is 2. The third-order valence-corrected chi connectivity index (χ3v) is 7.34. The van der Waals surface area contributed by atoms with Crippen LogP contribution in [0.15, 0.2) is 30.6 Å². The molecule has 3 aliphatic heterocycles. The second-order valence-corrected chi connectivity index (χ2v) is 9.68. The maximum Gasteiger partial charge on any atom is 0.289 e. The molecule has 1 saturated carbocycles. The van der Waals surface area contributed by atoms with E-state index in [1.807, 2.05) is 37.5 Å². The zero-order valence-corrected chi connectivity index (χ0v) is 19.2. The van der Waals surface area contributed by atoms with Crippen LogP contribution in [-0.2, 0) is 24.8 Å². The van der Waals surface area contributed by atoms with Crippen LogP contribution in [0.4, 0.5) is 5.69 Å². The molecule has 0 radical (unpaired) electrons. The average Bonchev–Trinajstić information content (AvgIpc) is 3.20. The number of aromatic nitrogens is 3. The van der Waals surface area contributed by atoms with Gasteiger partial charge in [-0.3, -0.25) is 9.59 Å². The lowest BCUT2D eigenvalue weighted by atomic mass is 10.0.